The van der Waals surface area contributed by atoms with Gasteiger partial charge in [-0.1, -0.05) is 12.1 Å². The molecule has 0 bridgehead atoms. The number of benzene rings is 1. The van der Waals surface area contributed by atoms with Gasteiger partial charge in [-0.15, -0.1) is 0 Å². The van der Waals surface area contributed by atoms with E-state index in [0.29, 0.717) is 28.6 Å². The first-order valence-corrected chi connectivity index (χ1v) is 10.0. The van der Waals surface area contributed by atoms with Crippen LogP contribution in [0.2, 0.25) is 0 Å². The summed E-state index contributed by atoms with van der Waals surface area (Å²) < 4.78 is 28.0. The van der Waals surface area contributed by atoms with Crippen LogP contribution in [0.3, 0.4) is 0 Å². The zero-order chi connectivity index (χ0) is 18.9. The average Bonchev–Trinajstić information content (AvgIpc) is 3.12. The average molecular weight is 374 g/mol. The summed E-state index contributed by atoms with van der Waals surface area (Å²) in [4.78, 5) is 22.6. The lowest BCUT2D eigenvalue weighted by Gasteiger charge is -2.19. The molecule has 0 amide bonds. The van der Waals surface area contributed by atoms with Gasteiger partial charge in [-0.3, -0.25) is 9.52 Å². The third-order valence-electron chi connectivity index (χ3n) is 4.44. The van der Waals surface area contributed by atoms with Crippen LogP contribution in [0.15, 0.2) is 29.2 Å². The minimum Gasteiger partial charge on any atom is -0.341 e. The van der Waals surface area contributed by atoms with E-state index in [1.54, 1.807) is 26.0 Å². The number of hydrogen-bond acceptors (Lipinski definition) is 6. The van der Waals surface area contributed by atoms with Gasteiger partial charge in [0.2, 0.25) is 5.95 Å². The minimum absolute atomic E-state index is 0.0348. The Bertz CT molecular complexity index is 928. The van der Waals surface area contributed by atoms with E-state index in [-0.39, 0.29) is 10.7 Å². The maximum absolute atomic E-state index is 12.7. The largest absolute Gasteiger partial charge is 0.341 e. The summed E-state index contributed by atoms with van der Waals surface area (Å²) in [6.45, 7) is 6.76. The van der Waals surface area contributed by atoms with E-state index in [4.69, 9.17) is 0 Å². The lowest BCUT2D eigenvalue weighted by molar-refractivity contribution is 0.101. The number of carbonyl (C=O) groups is 1. The molecule has 26 heavy (non-hydrogen) atoms. The molecule has 1 aromatic heterocycles. The monoisotopic (exact) mass is 374 g/mol. The van der Waals surface area contributed by atoms with Gasteiger partial charge in [-0.05, 0) is 45.7 Å². The van der Waals surface area contributed by atoms with E-state index < -0.39 is 10.0 Å². The molecule has 0 unspecified atom stereocenters. The summed E-state index contributed by atoms with van der Waals surface area (Å²) in [5, 5.41) is 0. The Balaban J connectivity index is 1.92. The molecular formula is C18H22N4O3S. The van der Waals surface area contributed by atoms with Crippen molar-refractivity contribution >= 4 is 27.4 Å². The van der Waals surface area contributed by atoms with Crippen LogP contribution >= 0.6 is 0 Å². The van der Waals surface area contributed by atoms with Gasteiger partial charge in [0.25, 0.3) is 10.0 Å². The number of nitrogens with zero attached hydrogens (tertiary/aromatic N) is 3. The number of sulfonamides is 1. The molecule has 0 aliphatic carbocycles. The van der Waals surface area contributed by atoms with Crippen molar-refractivity contribution in [2.75, 3.05) is 22.7 Å². The molecule has 1 aliphatic heterocycles. The number of ketones is 1. The van der Waals surface area contributed by atoms with Crippen molar-refractivity contribution in [3.63, 3.8) is 0 Å². The van der Waals surface area contributed by atoms with E-state index in [1.165, 1.54) is 19.1 Å². The lowest BCUT2D eigenvalue weighted by Crippen LogP contribution is -2.22. The Morgan fingerprint density at radius 2 is 1.73 bits per heavy atom. The summed E-state index contributed by atoms with van der Waals surface area (Å²) in [5.41, 5.74) is 1.87. The number of hydrogen-bond donors (Lipinski definition) is 1. The number of aromatic nitrogens is 2. The van der Waals surface area contributed by atoms with Gasteiger partial charge < -0.3 is 4.90 Å². The van der Waals surface area contributed by atoms with Gasteiger partial charge in [0.15, 0.2) is 5.78 Å². The maximum Gasteiger partial charge on any atom is 0.262 e. The summed E-state index contributed by atoms with van der Waals surface area (Å²) in [6, 6.07) is 5.97. The van der Waals surface area contributed by atoms with E-state index in [9.17, 15) is 13.2 Å². The first kappa shape index (κ1) is 18.3. The molecule has 8 heteroatoms. The molecule has 1 aliphatic rings. The second-order valence-electron chi connectivity index (χ2n) is 6.45. The molecule has 2 aromatic rings. The van der Waals surface area contributed by atoms with Gasteiger partial charge in [0, 0.05) is 18.7 Å². The van der Waals surface area contributed by atoms with E-state index >= 15 is 0 Å². The van der Waals surface area contributed by atoms with E-state index in [0.717, 1.165) is 25.9 Å². The number of rotatable bonds is 5. The van der Waals surface area contributed by atoms with Gasteiger partial charge in [0.05, 0.1) is 22.0 Å². The van der Waals surface area contributed by atoms with Crippen molar-refractivity contribution in [1.29, 1.82) is 0 Å². The summed E-state index contributed by atoms with van der Waals surface area (Å²) >= 11 is 0. The molecule has 1 saturated heterocycles. The highest BCUT2D eigenvalue weighted by atomic mass is 32.2. The molecule has 0 atom stereocenters. The number of carbonyl (C=O) groups excluding carboxylic acids is 1. The molecule has 7 nitrogen and oxygen atoms in total. The molecular weight excluding hydrogens is 352 g/mol. The minimum atomic E-state index is -3.84. The van der Waals surface area contributed by atoms with Crippen LogP contribution < -0.4 is 9.62 Å². The predicted octanol–water partition coefficient (Wildman–Crippen LogP) is 2.70. The van der Waals surface area contributed by atoms with Crippen LogP contribution in [0.25, 0.3) is 0 Å². The molecule has 0 saturated carbocycles. The molecule has 3 rings (SSSR count). The smallest absolute Gasteiger partial charge is 0.262 e. The van der Waals surface area contributed by atoms with Gasteiger partial charge in [-0.2, -0.15) is 0 Å². The Kier molecular flexibility index (Phi) is 4.95. The van der Waals surface area contributed by atoms with Crippen molar-refractivity contribution in [2.24, 2.45) is 0 Å². The predicted molar refractivity (Wildman–Crippen MR) is 100 cm³/mol. The Morgan fingerprint density at radius 3 is 2.31 bits per heavy atom. The van der Waals surface area contributed by atoms with Gasteiger partial charge >= 0.3 is 0 Å². The van der Waals surface area contributed by atoms with Crippen molar-refractivity contribution in [1.82, 2.24) is 9.97 Å². The quantitative estimate of drug-likeness (QED) is 0.809. The van der Waals surface area contributed by atoms with Crippen molar-refractivity contribution in [3.8, 4) is 0 Å². The maximum atomic E-state index is 12.7. The van der Waals surface area contributed by atoms with Crippen LogP contribution in [0.5, 0.6) is 0 Å². The van der Waals surface area contributed by atoms with E-state index in [2.05, 4.69) is 19.6 Å². The molecule has 1 fully saturated rings. The van der Waals surface area contributed by atoms with Crippen molar-refractivity contribution in [2.45, 2.75) is 38.5 Å². The Morgan fingerprint density at radius 1 is 1.12 bits per heavy atom. The van der Waals surface area contributed by atoms with Crippen molar-refractivity contribution < 1.29 is 13.2 Å². The fraction of sp³-hybridized carbons (Fsp3) is 0.389. The molecule has 0 radical (unpaired) electrons. The molecule has 0 spiro atoms. The third-order valence-corrected chi connectivity index (χ3v) is 5.78. The van der Waals surface area contributed by atoms with Gasteiger partial charge in [0.1, 0.15) is 0 Å². The highest BCUT2D eigenvalue weighted by molar-refractivity contribution is 7.92. The fourth-order valence-electron chi connectivity index (χ4n) is 2.98. The number of Topliss-reactive ketones (excluding diaryl/α,β-unsaturated/α-hetero) is 1. The fourth-order valence-corrected chi connectivity index (χ4v) is 4.20. The summed E-state index contributed by atoms with van der Waals surface area (Å²) in [6.07, 6.45) is 2.23. The second-order valence-corrected chi connectivity index (χ2v) is 8.14. The number of anilines is 2. The highest BCUT2D eigenvalue weighted by Gasteiger charge is 2.21. The zero-order valence-electron chi connectivity index (χ0n) is 15.1. The molecule has 1 N–H and O–H groups in total. The van der Waals surface area contributed by atoms with Crippen LogP contribution in [0, 0.1) is 13.8 Å². The first-order valence-electron chi connectivity index (χ1n) is 8.52. The zero-order valence-corrected chi connectivity index (χ0v) is 15.9. The number of aryl methyl sites for hydroxylation is 2. The normalized spacial score (nSPS) is 14.5. The topological polar surface area (TPSA) is 92.3 Å². The van der Waals surface area contributed by atoms with E-state index in [1.807, 2.05) is 0 Å². The molecule has 138 valence electrons. The van der Waals surface area contributed by atoms with Crippen LogP contribution in [-0.4, -0.2) is 37.3 Å². The lowest BCUT2D eigenvalue weighted by atomic mass is 10.2. The van der Waals surface area contributed by atoms with Crippen LogP contribution in [0.1, 0.15) is 41.5 Å². The Hall–Kier alpha value is -2.48. The Labute approximate surface area is 153 Å². The van der Waals surface area contributed by atoms with Crippen molar-refractivity contribution in [3.05, 3.63) is 41.2 Å². The third kappa shape index (κ3) is 3.70. The number of nitrogens with one attached hydrogen (secondary N) is 1. The highest BCUT2D eigenvalue weighted by Crippen LogP contribution is 2.25. The van der Waals surface area contributed by atoms with Gasteiger partial charge in [-0.25, -0.2) is 18.4 Å². The summed E-state index contributed by atoms with van der Waals surface area (Å²) in [5.74, 6) is 0.451. The standard InChI is InChI=1S/C18H22N4O3S/c1-12-17(13(2)20-18(19-12)22-9-4-5-10-22)21-26(24,25)16-8-6-7-15(11-16)14(3)23/h6-8,11,21H,4-5,9-10H2,1-3H3. The van der Waals surface area contributed by atoms with Crippen LogP contribution in [0.4, 0.5) is 11.6 Å². The second kappa shape index (κ2) is 7.03. The molecule has 1 aromatic carbocycles. The van der Waals surface area contributed by atoms with Crippen LogP contribution in [-0.2, 0) is 10.0 Å². The molecule has 2 heterocycles. The first-order chi connectivity index (χ1) is 12.3. The summed E-state index contributed by atoms with van der Waals surface area (Å²) in [7, 11) is -3.84. The SMILES string of the molecule is CC(=O)c1cccc(S(=O)(=O)Nc2c(C)nc(N3CCCC3)nc2C)c1.